The maximum absolute atomic E-state index is 10.4. The van der Waals surface area contributed by atoms with Crippen LogP contribution in [0.15, 0.2) is 22.7 Å². The fraction of sp³-hybridized carbons (Fsp3) is 0.571. The van der Waals surface area contributed by atoms with Crippen LogP contribution in [-0.4, -0.2) is 35.7 Å². The first kappa shape index (κ1) is 12.5. The lowest BCUT2D eigenvalue weighted by Crippen LogP contribution is -2.52. The van der Waals surface area contributed by atoms with Gasteiger partial charge < -0.3 is 14.7 Å². The Morgan fingerprint density at radius 1 is 1.50 bits per heavy atom. The second-order valence-electron chi connectivity index (χ2n) is 5.53. The third kappa shape index (κ3) is 2.17. The first-order chi connectivity index (χ1) is 8.58. The van der Waals surface area contributed by atoms with Gasteiger partial charge in [0, 0.05) is 23.0 Å². The molecular weight excluding hydrogens is 294 g/mol. The van der Waals surface area contributed by atoms with E-state index in [1.165, 1.54) is 0 Å². The smallest absolute Gasteiger partial charge is 0.126 e. The molecule has 2 aliphatic rings. The van der Waals surface area contributed by atoms with E-state index >= 15 is 0 Å². The van der Waals surface area contributed by atoms with E-state index in [0.717, 1.165) is 41.7 Å². The summed E-state index contributed by atoms with van der Waals surface area (Å²) in [4.78, 5) is 2.29. The molecule has 1 fully saturated rings. The number of ether oxygens (including phenoxy) is 1. The van der Waals surface area contributed by atoms with Crippen LogP contribution in [0.25, 0.3) is 0 Å². The molecule has 0 aliphatic carbocycles. The van der Waals surface area contributed by atoms with Gasteiger partial charge in [0.25, 0.3) is 0 Å². The molecule has 18 heavy (non-hydrogen) atoms. The molecule has 2 atom stereocenters. The SMILES string of the molecule is CN1CCCC2(C[C@H](O)c3cc(Br)ccc3O2)C1. The summed E-state index contributed by atoms with van der Waals surface area (Å²) < 4.78 is 7.22. The lowest BCUT2D eigenvalue weighted by Gasteiger charge is -2.45. The number of hydrogen-bond acceptors (Lipinski definition) is 3. The van der Waals surface area contributed by atoms with Crippen LogP contribution in [0, 0.1) is 0 Å². The third-order valence-corrected chi connectivity index (χ3v) is 4.45. The minimum Gasteiger partial charge on any atom is -0.485 e. The van der Waals surface area contributed by atoms with Gasteiger partial charge in [0.2, 0.25) is 0 Å². The average molecular weight is 312 g/mol. The number of fused-ring (bicyclic) bond motifs is 1. The first-order valence-electron chi connectivity index (χ1n) is 6.43. The first-order valence-corrected chi connectivity index (χ1v) is 7.22. The number of halogens is 1. The Morgan fingerprint density at radius 3 is 3.11 bits per heavy atom. The summed E-state index contributed by atoms with van der Waals surface area (Å²) in [5.41, 5.74) is 0.705. The Bertz CT molecular complexity index is 465. The summed E-state index contributed by atoms with van der Waals surface area (Å²) in [5, 5.41) is 10.4. The van der Waals surface area contributed by atoms with Crippen LogP contribution in [0.4, 0.5) is 0 Å². The van der Waals surface area contributed by atoms with Crippen molar-refractivity contribution < 1.29 is 9.84 Å². The number of likely N-dealkylation sites (N-methyl/N-ethyl adjacent to an activating group) is 1. The van der Waals surface area contributed by atoms with Gasteiger partial charge in [-0.25, -0.2) is 0 Å². The van der Waals surface area contributed by atoms with Crippen LogP contribution < -0.4 is 4.74 Å². The van der Waals surface area contributed by atoms with Crippen molar-refractivity contribution >= 4 is 15.9 Å². The van der Waals surface area contributed by atoms with Gasteiger partial charge in [-0.2, -0.15) is 0 Å². The molecule has 0 radical (unpaired) electrons. The van der Waals surface area contributed by atoms with E-state index in [0.29, 0.717) is 6.42 Å². The van der Waals surface area contributed by atoms with Gasteiger partial charge in [-0.15, -0.1) is 0 Å². The van der Waals surface area contributed by atoms with E-state index in [1.54, 1.807) is 0 Å². The van der Waals surface area contributed by atoms with Gasteiger partial charge in [-0.05, 0) is 44.6 Å². The summed E-state index contributed by atoms with van der Waals surface area (Å²) in [6.45, 7) is 2.02. The highest BCUT2D eigenvalue weighted by atomic mass is 79.9. The molecule has 0 amide bonds. The number of benzene rings is 1. The molecule has 0 bridgehead atoms. The van der Waals surface area contributed by atoms with Crippen molar-refractivity contribution in [3.05, 3.63) is 28.2 Å². The molecule has 1 unspecified atom stereocenters. The summed E-state index contributed by atoms with van der Waals surface area (Å²) in [6, 6.07) is 5.88. The Hall–Kier alpha value is -0.580. The molecule has 2 aliphatic heterocycles. The monoisotopic (exact) mass is 311 g/mol. The minimum atomic E-state index is -0.419. The summed E-state index contributed by atoms with van der Waals surface area (Å²) >= 11 is 3.44. The van der Waals surface area contributed by atoms with Gasteiger partial charge in [-0.3, -0.25) is 0 Å². The van der Waals surface area contributed by atoms with Gasteiger partial charge >= 0.3 is 0 Å². The second-order valence-corrected chi connectivity index (χ2v) is 6.44. The van der Waals surface area contributed by atoms with Crippen molar-refractivity contribution in [1.82, 2.24) is 4.90 Å². The Kier molecular flexibility index (Phi) is 3.12. The van der Waals surface area contributed by atoms with E-state index in [-0.39, 0.29) is 5.60 Å². The molecule has 2 heterocycles. The maximum atomic E-state index is 10.4. The summed E-state index contributed by atoms with van der Waals surface area (Å²) in [5.74, 6) is 0.840. The molecule has 4 heteroatoms. The molecule has 1 aromatic rings. The van der Waals surface area contributed by atoms with Gasteiger partial charge in [0.15, 0.2) is 0 Å². The molecule has 1 saturated heterocycles. The number of aliphatic hydroxyl groups is 1. The Labute approximate surface area is 116 Å². The number of aliphatic hydroxyl groups excluding tert-OH is 1. The normalized spacial score (nSPS) is 32.1. The van der Waals surface area contributed by atoms with E-state index < -0.39 is 6.10 Å². The van der Waals surface area contributed by atoms with E-state index in [2.05, 4.69) is 27.9 Å². The van der Waals surface area contributed by atoms with E-state index in [9.17, 15) is 5.11 Å². The Morgan fingerprint density at radius 2 is 2.33 bits per heavy atom. The zero-order valence-corrected chi connectivity index (χ0v) is 12.1. The maximum Gasteiger partial charge on any atom is 0.126 e. The molecule has 3 rings (SSSR count). The quantitative estimate of drug-likeness (QED) is 0.799. The number of likely N-dealkylation sites (tertiary alicyclic amines) is 1. The summed E-state index contributed by atoms with van der Waals surface area (Å²) in [7, 11) is 2.12. The molecule has 1 spiro atoms. The predicted molar refractivity (Wildman–Crippen MR) is 73.8 cm³/mol. The van der Waals surface area contributed by atoms with Crippen LogP contribution in [-0.2, 0) is 0 Å². The highest BCUT2D eigenvalue weighted by molar-refractivity contribution is 9.10. The zero-order valence-electron chi connectivity index (χ0n) is 10.5. The molecule has 0 aromatic heterocycles. The van der Waals surface area contributed by atoms with Crippen molar-refractivity contribution in [3.63, 3.8) is 0 Å². The van der Waals surface area contributed by atoms with Crippen LogP contribution in [0.3, 0.4) is 0 Å². The standard InChI is InChI=1S/C14H18BrNO2/c1-16-6-2-5-14(9-16)8-12(17)11-7-10(15)3-4-13(11)18-14/h3-4,7,12,17H,2,5-6,8-9H2,1H3/t12-,14?/m0/s1. The van der Waals surface area contributed by atoms with Crippen LogP contribution in [0.5, 0.6) is 5.75 Å². The van der Waals surface area contributed by atoms with E-state index in [4.69, 9.17) is 4.74 Å². The lowest BCUT2D eigenvalue weighted by molar-refractivity contribution is -0.0554. The number of rotatable bonds is 0. The summed E-state index contributed by atoms with van der Waals surface area (Å²) in [6.07, 6.45) is 2.44. The van der Waals surface area contributed by atoms with E-state index in [1.807, 2.05) is 18.2 Å². The van der Waals surface area contributed by atoms with Crippen molar-refractivity contribution in [1.29, 1.82) is 0 Å². The molecule has 1 N–H and O–H groups in total. The van der Waals surface area contributed by atoms with Crippen molar-refractivity contribution in [2.24, 2.45) is 0 Å². The van der Waals surface area contributed by atoms with Crippen molar-refractivity contribution in [2.45, 2.75) is 31.0 Å². The fourth-order valence-electron chi connectivity index (χ4n) is 3.18. The third-order valence-electron chi connectivity index (χ3n) is 3.95. The predicted octanol–water partition coefficient (Wildman–Crippen LogP) is 2.73. The van der Waals surface area contributed by atoms with Gasteiger partial charge in [0.05, 0.1) is 6.10 Å². The number of nitrogens with zero attached hydrogens (tertiary/aromatic N) is 1. The molecule has 98 valence electrons. The van der Waals surface area contributed by atoms with Crippen LogP contribution in [0.2, 0.25) is 0 Å². The average Bonchev–Trinajstić information content (AvgIpc) is 2.30. The molecule has 1 aromatic carbocycles. The zero-order chi connectivity index (χ0) is 12.8. The number of piperidine rings is 1. The highest BCUT2D eigenvalue weighted by Gasteiger charge is 2.42. The lowest BCUT2D eigenvalue weighted by atomic mass is 9.83. The van der Waals surface area contributed by atoms with Crippen LogP contribution in [0.1, 0.15) is 30.9 Å². The highest BCUT2D eigenvalue weighted by Crippen LogP contribution is 2.43. The molecule has 0 saturated carbocycles. The van der Waals surface area contributed by atoms with Crippen molar-refractivity contribution in [3.8, 4) is 5.75 Å². The van der Waals surface area contributed by atoms with Gasteiger partial charge in [-0.1, -0.05) is 15.9 Å². The van der Waals surface area contributed by atoms with Crippen molar-refractivity contribution in [2.75, 3.05) is 20.1 Å². The van der Waals surface area contributed by atoms with Gasteiger partial charge in [0.1, 0.15) is 11.4 Å². The Balaban J connectivity index is 1.93. The number of hydrogen-bond donors (Lipinski definition) is 1. The minimum absolute atomic E-state index is 0.201. The fourth-order valence-corrected chi connectivity index (χ4v) is 3.56. The molecular formula is C14H18BrNO2. The topological polar surface area (TPSA) is 32.7 Å². The second kappa shape index (κ2) is 4.51. The van der Waals surface area contributed by atoms with Crippen LogP contribution >= 0.6 is 15.9 Å². The largest absolute Gasteiger partial charge is 0.485 e. The molecule has 3 nitrogen and oxygen atoms in total.